The summed E-state index contributed by atoms with van der Waals surface area (Å²) in [5, 5.41) is 4.13. The van der Waals surface area contributed by atoms with Gasteiger partial charge in [-0.2, -0.15) is 9.78 Å². The third-order valence-electron chi connectivity index (χ3n) is 5.38. The molecule has 9 nitrogen and oxygen atoms in total. The Morgan fingerprint density at radius 1 is 0.903 bits per heavy atom. The van der Waals surface area contributed by atoms with Gasteiger partial charge in [0.15, 0.2) is 0 Å². The van der Waals surface area contributed by atoms with Crippen molar-refractivity contribution in [2.75, 3.05) is 38.2 Å². The average molecular weight is 421 g/mol. The van der Waals surface area contributed by atoms with Crippen LogP contribution in [0, 0.1) is 0 Å². The maximum Gasteiger partial charge on any atom is 0.351 e. The zero-order valence-corrected chi connectivity index (χ0v) is 17.4. The second kappa shape index (κ2) is 8.47. The first-order valence-electron chi connectivity index (χ1n) is 9.93. The van der Waals surface area contributed by atoms with E-state index in [2.05, 4.69) is 10.00 Å². The molecule has 1 aliphatic rings. The zero-order chi connectivity index (χ0) is 22.0. The lowest BCUT2D eigenvalue weighted by Gasteiger charge is -2.35. The highest BCUT2D eigenvalue weighted by atomic mass is 16.5. The topological polar surface area (TPSA) is 89.7 Å². The van der Waals surface area contributed by atoms with Crippen LogP contribution >= 0.6 is 0 Å². The minimum atomic E-state index is -0.695. The van der Waals surface area contributed by atoms with E-state index in [1.165, 1.54) is 7.05 Å². The van der Waals surface area contributed by atoms with E-state index in [0.717, 1.165) is 20.7 Å². The summed E-state index contributed by atoms with van der Waals surface area (Å²) >= 11 is 0. The molecule has 0 bridgehead atoms. The number of piperazine rings is 1. The van der Waals surface area contributed by atoms with Gasteiger partial charge in [0.05, 0.1) is 12.8 Å². The Balaban J connectivity index is 1.55. The third kappa shape index (κ3) is 3.94. The molecule has 160 valence electrons. The van der Waals surface area contributed by atoms with Crippen LogP contribution in [0.15, 0.2) is 64.2 Å². The first kappa shape index (κ1) is 20.4. The lowest BCUT2D eigenvalue weighted by Crippen LogP contribution is -2.51. The number of benzene rings is 2. The SMILES string of the molecule is COc1ccc(N2CCN(C(=O)c3nn(-c4ccccc4)c(=O)n(C)c3=O)CC2)cc1. The van der Waals surface area contributed by atoms with Gasteiger partial charge in [-0.25, -0.2) is 4.79 Å². The molecule has 0 N–H and O–H groups in total. The van der Waals surface area contributed by atoms with Crippen molar-refractivity contribution < 1.29 is 9.53 Å². The second-order valence-electron chi connectivity index (χ2n) is 7.22. The van der Waals surface area contributed by atoms with Crippen LogP contribution < -0.4 is 20.9 Å². The van der Waals surface area contributed by atoms with Crippen LogP contribution in [0.25, 0.3) is 5.69 Å². The van der Waals surface area contributed by atoms with E-state index in [1.807, 2.05) is 30.3 Å². The Bertz CT molecular complexity index is 1190. The Hall–Kier alpha value is -3.88. The minimum absolute atomic E-state index is 0.260. The van der Waals surface area contributed by atoms with Crippen LogP contribution in [-0.4, -0.2) is 58.4 Å². The molecule has 1 saturated heterocycles. The lowest BCUT2D eigenvalue weighted by molar-refractivity contribution is 0.0735. The molecule has 1 aromatic heterocycles. The third-order valence-corrected chi connectivity index (χ3v) is 5.38. The summed E-state index contributed by atoms with van der Waals surface area (Å²) in [5.74, 6) is 0.313. The molecular weight excluding hydrogens is 398 g/mol. The molecule has 0 aliphatic carbocycles. The van der Waals surface area contributed by atoms with Gasteiger partial charge in [0.2, 0.25) is 5.69 Å². The van der Waals surface area contributed by atoms with E-state index in [4.69, 9.17) is 4.74 Å². The zero-order valence-electron chi connectivity index (χ0n) is 17.4. The summed E-state index contributed by atoms with van der Waals surface area (Å²) < 4.78 is 7.19. The highest BCUT2D eigenvalue weighted by molar-refractivity contribution is 5.92. The quantitative estimate of drug-likeness (QED) is 0.622. The minimum Gasteiger partial charge on any atom is -0.497 e. The fourth-order valence-electron chi connectivity index (χ4n) is 3.56. The molecule has 2 heterocycles. The van der Waals surface area contributed by atoms with Crippen molar-refractivity contribution in [2.24, 2.45) is 7.05 Å². The molecule has 0 saturated carbocycles. The number of carbonyl (C=O) groups excluding carboxylic acids is 1. The average Bonchev–Trinajstić information content (AvgIpc) is 2.83. The molecule has 9 heteroatoms. The van der Waals surface area contributed by atoms with Gasteiger partial charge in [0, 0.05) is 38.9 Å². The van der Waals surface area contributed by atoms with Gasteiger partial charge >= 0.3 is 5.69 Å². The van der Waals surface area contributed by atoms with E-state index >= 15 is 0 Å². The van der Waals surface area contributed by atoms with Crippen LogP contribution in [-0.2, 0) is 7.05 Å². The lowest BCUT2D eigenvalue weighted by atomic mass is 10.2. The fraction of sp³-hybridized carbons (Fsp3) is 0.273. The number of nitrogens with zero attached hydrogens (tertiary/aromatic N) is 5. The van der Waals surface area contributed by atoms with Crippen molar-refractivity contribution in [3.63, 3.8) is 0 Å². The molecule has 0 atom stereocenters. The van der Waals surface area contributed by atoms with Crippen molar-refractivity contribution in [2.45, 2.75) is 0 Å². The summed E-state index contributed by atoms with van der Waals surface area (Å²) in [6.07, 6.45) is 0. The van der Waals surface area contributed by atoms with E-state index < -0.39 is 17.2 Å². The van der Waals surface area contributed by atoms with E-state index in [0.29, 0.717) is 31.9 Å². The van der Waals surface area contributed by atoms with Crippen molar-refractivity contribution in [3.8, 4) is 11.4 Å². The highest BCUT2D eigenvalue weighted by Gasteiger charge is 2.27. The molecule has 31 heavy (non-hydrogen) atoms. The van der Waals surface area contributed by atoms with Gasteiger partial charge < -0.3 is 14.5 Å². The first-order valence-corrected chi connectivity index (χ1v) is 9.93. The Morgan fingerprint density at radius 2 is 1.55 bits per heavy atom. The molecule has 3 aromatic rings. The molecule has 4 rings (SSSR count). The molecule has 1 fully saturated rings. The van der Waals surface area contributed by atoms with Crippen LogP contribution in [0.2, 0.25) is 0 Å². The number of ether oxygens (including phenoxy) is 1. The van der Waals surface area contributed by atoms with Crippen LogP contribution in [0.5, 0.6) is 5.75 Å². The number of rotatable bonds is 4. The number of para-hydroxylation sites is 1. The fourth-order valence-corrected chi connectivity index (χ4v) is 3.56. The van der Waals surface area contributed by atoms with Gasteiger partial charge in [-0.05, 0) is 36.4 Å². The van der Waals surface area contributed by atoms with Gasteiger partial charge in [-0.15, -0.1) is 0 Å². The van der Waals surface area contributed by atoms with Gasteiger partial charge in [-0.1, -0.05) is 18.2 Å². The number of aromatic nitrogens is 3. The molecule has 0 spiro atoms. The maximum absolute atomic E-state index is 13.1. The van der Waals surface area contributed by atoms with E-state index in [9.17, 15) is 14.4 Å². The van der Waals surface area contributed by atoms with Crippen LogP contribution in [0.3, 0.4) is 0 Å². The summed E-state index contributed by atoms with van der Waals surface area (Å²) in [6, 6.07) is 16.5. The predicted molar refractivity (Wildman–Crippen MR) is 116 cm³/mol. The Labute approximate surface area is 178 Å². The Morgan fingerprint density at radius 3 is 2.16 bits per heavy atom. The molecule has 0 radical (unpaired) electrons. The van der Waals surface area contributed by atoms with E-state index in [1.54, 1.807) is 36.3 Å². The van der Waals surface area contributed by atoms with Crippen molar-refractivity contribution in [1.29, 1.82) is 0 Å². The summed E-state index contributed by atoms with van der Waals surface area (Å²) in [5.41, 5.74) is -0.0262. The second-order valence-corrected chi connectivity index (χ2v) is 7.22. The number of anilines is 1. The van der Waals surface area contributed by atoms with E-state index in [-0.39, 0.29) is 5.69 Å². The molecule has 1 amide bonds. The molecule has 1 aliphatic heterocycles. The maximum atomic E-state index is 13.1. The smallest absolute Gasteiger partial charge is 0.351 e. The van der Waals surface area contributed by atoms with Gasteiger partial charge in [0.1, 0.15) is 5.75 Å². The predicted octanol–water partition coefficient (Wildman–Crippen LogP) is 0.902. The van der Waals surface area contributed by atoms with Crippen molar-refractivity contribution in [1.82, 2.24) is 19.2 Å². The number of carbonyl (C=O) groups is 1. The highest BCUT2D eigenvalue weighted by Crippen LogP contribution is 2.20. The molecule has 0 unspecified atom stereocenters. The van der Waals surface area contributed by atoms with Gasteiger partial charge in [-0.3, -0.25) is 14.2 Å². The summed E-state index contributed by atoms with van der Waals surface area (Å²) in [7, 11) is 2.97. The van der Waals surface area contributed by atoms with Crippen molar-refractivity contribution in [3.05, 3.63) is 81.1 Å². The number of hydrogen-bond acceptors (Lipinski definition) is 6. The number of amides is 1. The van der Waals surface area contributed by atoms with Crippen molar-refractivity contribution >= 4 is 11.6 Å². The number of hydrogen-bond donors (Lipinski definition) is 0. The number of methoxy groups -OCH3 is 1. The van der Waals surface area contributed by atoms with Gasteiger partial charge in [0.25, 0.3) is 11.5 Å². The summed E-state index contributed by atoms with van der Waals surface area (Å²) in [4.78, 5) is 42.0. The molecular formula is C22H23N5O4. The molecule has 2 aromatic carbocycles. The summed E-state index contributed by atoms with van der Waals surface area (Å²) in [6.45, 7) is 2.13. The standard InChI is InChI=1S/C22H23N5O4/c1-24-20(28)19(23-27(22(24)30)17-6-4-3-5-7-17)21(29)26-14-12-25(13-15-26)16-8-10-18(31-2)11-9-16/h3-11H,12-15H2,1-2H3. The van der Waals surface area contributed by atoms with Crippen LogP contribution in [0.1, 0.15) is 10.5 Å². The Kier molecular flexibility index (Phi) is 5.57. The van der Waals surface area contributed by atoms with Crippen LogP contribution in [0.4, 0.5) is 5.69 Å². The normalized spacial score (nSPS) is 13.9. The monoisotopic (exact) mass is 421 g/mol. The largest absolute Gasteiger partial charge is 0.497 e. The first-order chi connectivity index (χ1) is 15.0.